The van der Waals surface area contributed by atoms with Gasteiger partial charge in [0.05, 0.1) is 24.8 Å². The highest BCUT2D eigenvalue weighted by Crippen LogP contribution is 2.32. The Balaban J connectivity index is 2.04. The Bertz CT molecular complexity index is 1330. The Morgan fingerprint density at radius 3 is 2.13 bits per heavy atom. The topological polar surface area (TPSA) is 105 Å². The number of ether oxygens (including phenoxy) is 2. The zero-order valence-electron chi connectivity index (χ0n) is 22.0. The van der Waals surface area contributed by atoms with Crippen molar-refractivity contribution in [1.29, 1.82) is 0 Å². The lowest BCUT2D eigenvalue weighted by atomic mass is 10.1. The van der Waals surface area contributed by atoms with Gasteiger partial charge >= 0.3 is 0 Å². The summed E-state index contributed by atoms with van der Waals surface area (Å²) >= 11 is 0. The molecule has 3 rings (SSSR count). The number of para-hydroxylation sites is 2. The maximum Gasteiger partial charge on any atom is 0.264 e. The normalized spacial score (nSPS) is 11.8. The van der Waals surface area contributed by atoms with E-state index >= 15 is 0 Å². The van der Waals surface area contributed by atoms with E-state index in [9.17, 15) is 18.0 Å². The molecule has 0 spiro atoms. The molecule has 0 heterocycles. The second-order valence-corrected chi connectivity index (χ2v) is 10.3. The van der Waals surface area contributed by atoms with Crippen LogP contribution in [0.15, 0.2) is 83.8 Å². The molecule has 0 aliphatic carbocycles. The van der Waals surface area contributed by atoms with Gasteiger partial charge in [0, 0.05) is 13.1 Å². The first kappa shape index (κ1) is 28.5. The van der Waals surface area contributed by atoms with Crippen molar-refractivity contribution in [2.45, 2.75) is 31.3 Å². The van der Waals surface area contributed by atoms with Crippen LogP contribution in [0.3, 0.4) is 0 Å². The monoisotopic (exact) mass is 539 g/mol. The molecule has 9 nitrogen and oxygen atoms in total. The van der Waals surface area contributed by atoms with Crippen molar-refractivity contribution in [1.82, 2.24) is 10.2 Å². The van der Waals surface area contributed by atoms with Crippen molar-refractivity contribution >= 4 is 27.5 Å². The lowest BCUT2D eigenvalue weighted by Gasteiger charge is -2.32. The standard InChI is InChI=1S/C28H33N3O6S/c1-5-29-28(33)21(2)30(19-22-15-17-23(36-3)18-16-22)27(32)20-31(25-13-9-10-14-26(25)37-4)38(34,35)24-11-7-6-8-12-24/h6-18,21H,5,19-20H2,1-4H3,(H,29,33)/t21-/m1/s1. The summed E-state index contributed by atoms with van der Waals surface area (Å²) in [5, 5.41) is 2.74. The molecule has 202 valence electrons. The average Bonchev–Trinajstić information content (AvgIpc) is 2.95. The van der Waals surface area contributed by atoms with Crippen LogP contribution in [0.1, 0.15) is 19.4 Å². The third kappa shape index (κ3) is 6.63. The number of anilines is 1. The fourth-order valence-corrected chi connectivity index (χ4v) is 5.35. The van der Waals surface area contributed by atoms with E-state index in [1.807, 2.05) is 0 Å². The molecule has 0 unspecified atom stereocenters. The third-order valence-electron chi connectivity index (χ3n) is 5.99. The van der Waals surface area contributed by atoms with Gasteiger partial charge in [0.1, 0.15) is 24.1 Å². The molecular formula is C28H33N3O6S. The summed E-state index contributed by atoms with van der Waals surface area (Å²) in [6.07, 6.45) is 0. The summed E-state index contributed by atoms with van der Waals surface area (Å²) in [6, 6.07) is 20.7. The van der Waals surface area contributed by atoms with Crippen LogP contribution in [0.5, 0.6) is 11.5 Å². The first-order valence-electron chi connectivity index (χ1n) is 12.1. The first-order chi connectivity index (χ1) is 18.2. The van der Waals surface area contributed by atoms with E-state index in [2.05, 4.69) is 5.32 Å². The molecule has 0 aliphatic heterocycles. The van der Waals surface area contributed by atoms with Crippen molar-refractivity contribution in [3.63, 3.8) is 0 Å². The number of likely N-dealkylation sites (N-methyl/N-ethyl adjacent to an activating group) is 1. The zero-order valence-corrected chi connectivity index (χ0v) is 22.8. The lowest BCUT2D eigenvalue weighted by molar-refractivity contribution is -0.139. The number of hydrogen-bond acceptors (Lipinski definition) is 6. The van der Waals surface area contributed by atoms with Crippen LogP contribution in [-0.4, -0.2) is 58.5 Å². The van der Waals surface area contributed by atoms with Gasteiger partial charge < -0.3 is 19.7 Å². The number of nitrogens with zero attached hydrogens (tertiary/aromatic N) is 2. The van der Waals surface area contributed by atoms with E-state index in [4.69, 9.17) is 9.47 Å². The molecule has 0 saturated carbocycles. The number of carbonyl (C=O) groups excluding carboxylic acids is 2. The van der Waals surface area contributed by atoms with Gasteiger partial charge in [0.15, 0.2) is 0 Å². The lowest BCUT2D eigenvalue weighted by Crippen LogP contribution is -2.51. The summed E-state index contributed by atoms with van der Waals surface area (Å²) in [7, 11) is -1.18. The van der Waals surface area contributed by atoms with Crippen LogP contribution in [0.25, 0.3) is 0 Å². The number of hydrogen-bond donors (Lipinski definition) is 1. The highest BCUT2D eigenvalue weighted by Gasteiger charge is 2.33. The maximum absolute atomic E-state index is 13.9. The van der Waals surface area contributed by atoms with Gasteiger partial charge in [-0.3, -0.25) is 13.9 Å². The fraction of sp³-hybridized carbons (Fsp3) is 0.286. The van der Waals surface area contributed by atoms with Gasteiger partial charge in [-0.05, 0) is 55.8 Å². The van der Waals surface area contributed by atoms with E-state index in [0.29, 0.717) is 18.0 Å². The second kappa shape index (κ2) is 13.0. The first-order valence-corrected chi connectivity index (χ1v) is 13.6. The molecule has 0 aromatic heterocycles. The summed E-state index contributed by atoms with van der Waals surface area (Å²) in [5.41, 5.74) is 0.965. The molecule has 0 bridgehead atoms. The fourth-order valence-electron chi connectivity index (χ4n) is 3.90. The molecular weight excluding hydrogens is 506 g/mol. The Morgan fingerprint density at radius 2 is 1.53 bits per heavy atom. The Labute approximate surface area is 224 Å². The molecule has 0 saturated heterocycles. The van der Waals surface area contributed by atoms with Crippen molar-refractivity contribution in [2.75, 3.05) is 31.6 Å². The minimum Gasteiger partial charge on any atom is -0.497 e. The average molecular weight is 540 g/mol. The smallest absolute Gasteiger partial charge is 0.264 e. The molecule has 3 aromatic rings. The summed E-state index contributed by atoms with van der Waals surface area (Å²) in [6.45, 7) is 3.34. The second-order valence-electron chi connectivity index (χ2n) is 8.44. The van der Waals surface area contributed by atoms with E-state index < -0.39 is 28.5 Å². The van der Waals surface area contributed by atoms with Crippen LogP contribution < -0.4 is 19.1 Å². The van der Waals surface area contributed by atoms with Crippen LogP contribution in [0.2, 0.25) is 0 Å². The Hall–Kier alpha value is -4.05. The molecule has 0 radical (unpaired) electrons. The highest BCUT2D eigenvalue weighted by atomic mass is 32.2. The summed E-state index contributed by atoms with van der Waals surface area (Å²) < 4.78 is 39.3. The molecule has 3 aromatic carbocycles. The molecule has 2 amide bonds. The number of methoxy groups -OCH3 is 2. The number of rotatable bonds is 12. The largest absolute Gasteiger partial charge is 0.497 e. The van der Waals surface area contributed by atoms with E-state index in [1.54, 1.807) is 87.7 Å². The quantitative estimate of drug-likeness (QED) is 0.378. The number of sulfonamides is 1. The zero-order chi connectivity index (χ0) is 27.7. The van der Waals surface area contributed by atoms with Crippen molar-refractivity contribution in [3.8, 4) is 11.5 Å². The number of benzene rings is 3. The van der Waals surface area contributed by atoms with Crippen LogP contribution in [0, 0.1) is 0 Å². The van der Waals surface area contributed by atoms with Crippen LogP contribution in [-0.2, 0) is 26.2 Å². The predicted molar refractivity (Wildman–Crippen MR) is 146 cm³/mol. The van der Waals surface area contributed by atoms with E-state index in [-0.39, 0.29) is 23.0 Å². The molecule has 0 fully saturated rings. The number of amides is 2. The number of carbonyl (C=O) groups is 2. The van der Waals surface area contributed by atoms with Gasteiger partial charge in [-0.1, -0.05) is 42.5 Å². The molecule has 10 heteroatoms. The van der Waals surface area contributed by atoms with Gasteiger partial charge in [-0.15, -0.1) is 0 Å². The predicted octanol–water partition coefficient (Wildman–Crippen LogP) is 3.45. The molecule has 1 atom stereocenters. The van der Waals surface area contributed by atoms with Crippen LogP contribution >= 0.6 is 0 Å². The van der Waals surface area contributed by atoms with E-state index in [1.165, 1.54) is 24.1 Å². The van der Waals surface area contributed by atoms with Crippen molar-refractivity contribution < 1.29 is 27.5 Å². The van der Waals surface area contributed by atoms with Gasteiger partial charge in [0.2, 0.25) is 11.8 Å². The molecule has 38 heavy (non-hydrogen) atoms. The SMILES string of the molecule is CCNC(=O)[C@@H](C)N(Cc1ccc(OC)cc1)C(=O)CN(c1ccccc1OC)S(=O)(=O)c1ccccc1. The maximum atomic E-state index is 13.9. The minimum atomic E-state index is -4.16. The van der Waals surface area contributed by atoms with Crippen molar-refractivity contribution in [3.05, 3.63) is 84.4 Å². The third-order valence-corrected chi connectivity index (χ3v) is 7.77. The van der Waals surface area contributed by atoms with E-state index in [0.717, 1.165) is 9.87 Å². The Morgan fingerprint density at radius 1 is 0.895 bits per heavy atom. The number of nitrogens with one attached hydrogen (secondary N) is 1. The minimum absolute atomic E-state index is 0.0252. The van der Waals surface area contributed by atoms with Gasteiger partial charge in [-0.25, -0.2) is 8.42 Å². The highest BCUT2D eigenvalue weighted by molar-refractivity contribution is 7.92. The molecule has 0 aliphatic rings. The van der Waals surface area contributed by atoms with Crippen molar-refractivity contribution in [2.24, 2.45) is 0 Å². The van der Waals surface area contributed by atoms with Gasteiger partial charge in [-0.2, -0.15) is 0 Å². The summed E-state index contributed by atoms with van der Waals surface area (Å²) in [4.78, 5) is 28.0. The summed E-state index contributed by atoms with van der Waals surface area (Å²) in [5.74, 6) is 0.0482. The Kier molecular flexibility index (Phi) is 9.72. The molecule has 1 N–H and O–H groups in total. The van der Waals surface area contributed by atoms with Crippen LogP contribution in [0.4, 0.5) is 5.69 Å². The van der Waals surface area contributed by atoms with Gasteiger partial charge in [0.25, 0.3) is 10.0 Å².